The normalized spacial score (nSPS) is 15.2. The number of nitrogens with zero attached hydrogens (tertiary/aromatic N) is 1. The van der Waals surface area contributed by atoms with E-state index in [4.69, 9.17) is 5.53 Å². The zero-order valence-electron chi connectivity index (χ0n) is 6.07. The summed E-state index contributed by atoms with van der Waals surface area (Å²) < 4.78 is 0.380. The van der Waals surface area contributed by atoms with Crippen molar-refractivity contribution in [3.05, 3.63) is 35.4 Å². The largest absolute Gasteiger partial charge is 0.453 e. The van der Waals surface area contributed by atoms with Gasteiger partial charge < -0.3 is 0 Å². The van der Waals surface area contributed by atoms with Crippen molar-refractivity contribution in [1.82, 2.24) is 0 Å². The van der Waals surface area contributed by atoms with E-state index in [1.165, 1.54) is 0 Å². The molecule has 1 aliphatic heterocycles. The maximum absolute atomic E-state index is 11.1. The van der Waals surface area contributed by atoms with E-state index in [-0.39, 0.29) is 0 Å². The van der Waals surface area contributed by atoms with Gasteiger partial charge in [0.05, 0.1) is 0 Å². The second-order valence-corrected chi connectivity index (χ2v) is 2.49. The van der Waals surface area contributed by atoms with Crippen LogP contribution in [0.4, 0.5) is 0 Å². The van der Waals surface area contributed by atoms with Crippen molar-refractivity contribution in [2.75, 3.05) is 0 Å². The summed E-state index contributed by atoms with van der Waals surface area (Å²) in [6.45, 7) is 0. The Hall–Kier alpha value is -1.84. The molecule has 1 aromatic carbocycles. The Balaban J connectivity index is 2.76. The third kappa shape index (κ3) is 0.661. The molecule has 0 fully saturated rings. The Bertz CT molecular complexity index is 372. The van der Waals surface area contributed by atoms with Crippen molar-refractivity contribution >= 4 is 11.8 Å². The van der Waals surface area contributed by atoms with Crippen LogP contribution in [0, 0.1) is 5.53 Å². The number of nitrogens with one attached hydrogen (secondary N) is 1. The number of hydrogen-bond acceptors (Lipinski definition) is 3. The fourth-order valence-electron chi connectivity index (χ4n) is 1.19. The summed E-state index contributed by atoms with van der Waals surface area (Å²) in [6, 6.07) is 6.43. The van der Waals surface area contributed by atoms with Gasteiger partial charge in [-0.3, -0.25) is 0 Å². The van der Waals surface area contributed by atoms with Crippen LogP contribution in [0.1, 0.15) is 20.7 Å². The fraction of sp³-hybridized carbons (Fsp3) is 0. The van der Waals surface area contributed by atoms with Crippen LogP contribution in [-0.4, -0.2) is 16.5 Å². The summed E-state index contributed by atoms with van der Waals surface area (Å²) in [7, 11) is 0. The molecule has 1 aliphatic rings. The standard InChI is InChI=1S/C8H5N2O2/c9-10-7(11)5-3-1-2-4-6(5)8(10)12/h1-4,9H/q+1. The molecule has 0 saturated carbocycles. The summed E-state index contributed by atoms with van der Waals surface area (Å²) in [5.74, 6) is -1.09. The minimum absolute atomic E-state index is 0.317. The Morgan fingerprint density at radius 1 is 1.00 bits per heavy atom. The van der Waals surface area contributed by atoms with Crippen molar-refractivity contribution in [2.24, 2.45) is 0 Å². The molecule has 4 nitrogen and oxygen atoms in total. The summed E-state index contributed by atoms with van der Waals surface area (Å²) in [5.41, 5.74) is 7.70. The van der Waals surface area contributed by atoms with Gasteiger partial charge >= 0.3 is 11.8 Å². The van der Waals surface area contributed by atoms with Crippen LogP contribution < -0.4 is 0 Å². The maximum atomic E-state index is 11.1. The van der Waals surface area contributed by atoms with E-state index in [2.05, 4.69) is 0 Å². The number of fused-ring (bicyclic) bond motifs is 1. The molecule has 0 atom stereocenters. The predicted octanol–water partition coefficient (Wildman–Crippen LogP) is 1.02. The molecule has 58 valence electrons. The lowest BCUT2D eigenvalue weighted by Gasteiger charge is -1.83. The number of benzene rings is 1. The average molecular weight is 161 g/mol. The van der Waals surface area contributed by atoms with E-state index in [9.17, 15) is 9.59 Å². The fourth-order valence-corrected chi connectivity index (χ4v) is 1.19. The van der Waals surface area contributed by atoms with E-state index in [1.54, 1.807) is 24.3 Å². The van der Waals surface area contributed by atoms with E-state index < -0.39 is 11.8 Å². The molecule has 0 aliphatic carbocycles. The van der Waals surface area contributed by atoms with Gasteiger partial charge in [0.1, 0.15) is 11.1 Å². The van der Waals surface area contributed by atoms with E-state index in [1.807, 2.05) is 0 Å². The number of imide groups is 1. The molecule has 1 aromatic rings. The SMILES string of the molecule is N=[N+]1C(=O)c2ccccc2C1=O. The summed E-state index contributed by atoms with van der Waals surface area (Å²) >= 11 is 0. The molecule has 1 heterocycles. The zero-order chi connectivity index (χ0) is 8.72. The van der Waals surface area contributed by atoms with Gasteiger partial charge in [0.2, 0.25) is 0 Å². The van der Waals surface area contributed by atoms with Gasteiger partial charge in [-0.1, -0.05) is 12.1 Å². The van der Waals surface area contributed by atoms with E-state index in [0.717, 1.165) is 0 Å². The second kappa shape index (κ2) is 2.07. The summed E-state index contributed by atoms with van der Waals surface area (Å²) in [5, 5.41) is 0. The number of rotatable bonds is 0. The van der Waals surface area contributed by atoms with Gasteiger partial charge in [-0.05, 0) is 17.7 Å². The third-order valence-corrected chi connectivity index (χ3v) is 1.79. The topological polar surface area (TPSA) is 61.0 Å². The first-order valence-corrected chi connectivity index (χ1v) is 3.41. The first-order valence-electron chi connectivity index (χ1n) is 3.41. The molecule has 4 heteroatoms. The van der Waals surface area contributed by atoms with Crippen LogP contribution >= 0.6 is 0 Å². The molecule has 0 aromatic heterocycles. The highest BCUT2D eigenvalue weighted by molar-refractivity contribution is 6.11. The third-order valence-electron chi connectivity index (χ3n) is 1.79. The number of carbonyl (C=O) groups is 2. The van der Waals surface area contributed by atoms with Crippen LogP contribution in [-0.2, 0) is 0 Å². The number of carbonyl (C=O) groups excluding carboxylic acids is 2. The molecule has 0 unspecified atom stereocenters. The quantitative estimate of drug-likeness (QED) is 0.456. The van der Waals surface area contributed by atoms with Crippen LogP contribution in [0.15, 0.2) is 24.3 Å². The lowest BCUT2D eigenvalue weighted by Crippen LogP contribution is -2.13. The highest BCUT2D eigenvalue weighted by Crippen LogP contribution is 2.17. The minimum Gasteiger partial charge on any atom is -0.211 e. The van der Waals surface area contributed by atoms with Gasteiger partial charge in [0, 0.05) is 4.70 Å². The molecule has 0 radical (unpaired) electrons. The van der Waals surface area contributed by atoms with E-state index in [0.29, 0.717) is 15.8 Å². The Morgan fingerprint density at radius 3 is 1.83 bits per heavy atom. The highest BCUT2D eigenvalue weighted by atomic mass is 16.2. The van der Waals surface area contributed by atoms with Crippen molar-refractivity contribution < 1.29 is 14.3 Å². The summed E-state index contributed by atoms with van der Waals surface area (Å²) in [6.07, 6.45) is 0. The van der Waals surface area contributed by atoms with Gasteiger partial charge in [-0.2, -0.15) is 0 Å². The first kappa shape index (κ1) is 6.84. The van der Waals surface area contributed by atoms with Gasteiger partial charge in [0.25, 0.3) is 0 Å². The van der Waals surface area contributed by atoms with Crippen molar-refractivity contribution in [3.63, 3.8) is 0 Å². The van der Waals surface area contributed by atoms with Gasteiger partial charge in [-0.15, -0.1) is 0 Å². The molecular formula is C8H5N2O2+. The Kier molecular flexibility index (Phi) is 1.18. The van der Waals surface area contributed by atoms with Gasteiger partial charge in [-0.25, -0.2) is 9.59 Å². The number of hydrogen-bond donors (Lipinski definition) is 1. The second-order valence-electron chi connectivity index (χ2n) is 2.49. The highest BCUT2D eigenvalue weighted by Gasteiger charge is 2.42. The first-order chi connectivity index (χ1) is 5.72. The molecule has 1 N–H and O–H groups in total. The van der Waals surface area contributed by atoms with Crippen molar-refractivity contribution in [1.29, 1.82) is 5.53 Å². The molecular weight excluding hydrogens is 156 g/mol. The molecule has 2 amide bonds. The average Bonchev–Trinajstić information content (AvgIpc) is 2.33. The maximum Gasteiger partial charge on any atom is 0.453 e. The lowest BCUT2D eigenvalue weighted by atomic mass is 10.1. The molecule has 2 rings (SSSR count). The monoisotopic (exact) mass is 161 g/mol. The van der Waals surface area contributed by atoms with Crippen molar-refractivity contribution in [2.45, 2.75) is 0 Å². The molecule has 12 heavy (non-hydrogen) atoms. The Morgan fingerprint density at radius 2 is 1.42 bits per heavy atom. The van der Waals surface area contributed by atoms with Crippen molar-refractivity contribution in [3.8, 4) is 0 Å². The van der Waals surface area contributed by atoms with Crippen LogP contribution in [0.3, 0.4) is 0 Å². The number of amides is 2. The van der Waals surface area contributed by atoms with E-state index >= 15 is 0 Å². The van der Waals surface area contributed by atoms with Gasteiger partial charge in [0.15, 0.2) is 0 Å². The van der Waals surface area contributed by atoms with Crippen LogP contribution in [0.25, 0.3) is 0 Å². The van der Waals surface area contributed by atoms with Crippen LogP contribution in [0.5, 0.6) is 0 Å². The zero-order valence-corrected chi connectivity index (χ0v) is 6.07. The molecule has 0 spiro atoms. The van der Waals surface area contributed by atoms with Crippen LogP contribution in [0.2, 0.25) is 0 Å². The summed E-state index contributed by atoms with van der Waals surface area (Å²) in [4.78, 5) is 22.2. The minimum atomic E-state index is -0.546. The molecule has 0 bridgehead atoms. The Labute approximate surface area is 67.9 Å². The lowest BCUT2D eigenvalue weighted by molar-refractivity contribution is -0.420. The predicted molar refractivity (Wildman–Crippen MR) is 38.1 cm³/mol. The smallest absolute Gasteiger partial charge is 0.211 e. The molecule has 0 saturated heterocycles.